The lowest BCUT2D eigenvalue weighted by atomic mass is 10.0. The maximum atomic E-state index is 12.2. The second kappa shape index (κ2) is 14.0. The van der Waals surface area contributed by atoms with Gasteiger partial charge in [-0.3, -0.25) is 9.59 Å². The third-order valence-electron chi connectivity index (χ3n) is 5.75. The van der Waals surface area contributed by atoms with Crippen LogP contribution in [0.1, 0.15) is 69.8 Å². The lowest BCUT2D eigenvalue weighted by Gasteiger charge is -2.22. The van der Waals surface area contributed by atoms with E-state index in [0.717, 1.165) is 64.3 Å². The molecule has 1 aliphatic heterocycles. The van der Waals surface area contributed by atoms with E-state index in [0.29, 0.717) is 12.8 Å². The molecule has 1 aliphatic rings. The fourth-order valence-corrected chi connectivity index (χ4v) is 3.93. The highest BCUT2D eigenvalue weighted by Crippen LogP contribution is 2.21. The molecule has 2 atom stereocenters. The number of esters is 1. The number of carbonyl (C=O) groups excluding carboxylic acids is 2. The monoisotopic (exact) mass is 415 g/mol. The molecule has 1 heterocycles. The summed E-state index contributed by atoms with van der Waals surface area (Å²) in [6, 6.07) is 10.5. The van der Waals surface area contributed by atoms with E-state index in [-0.39, 0.29) is 17.9 Å². The number of aryl methyl sites for hydroxylation is 1. The number of benzene rings is 1. The molecule has 2 rings (SSSR count). The Balaban J connectivity index is 1.62. The number of ether oxygens (including phenoxy) is 1. The minimum Gasteiger partial charge on any atom is -0.469 e. The average Bonchev–Trinajstić information content (AvgIpc) is 3.12. The van der Waals surface area contributed by atoms with Crippen LogP contribution in [-0.2, 0) is 20.7 Å². The van der Waals surface area contributed by atoms with E-state index in [1.165, 1.54) is 12.7 Å². The second-order valence-corrected chi connectivity index (χ2v) is 8.12. The van der Waals surface area contributed by atoms with Gasteiger partial charge in [0, 0.05) is 19.4 Å². The highest BCUT2D eigenvalue weighted by Gasteiger charge is 2.28. The zero-order valence-electron chi connectivity index (χ0n) is 18.3. The molecule has 166 valence electrons. The predicted octanol–water partition coefficient (Wildman–Crippen LogP) is 4.43. The van der Waals surface area contributed by atoms with Crippen LogP contribution in [0.25, 0.3) is 0 Å². The number of hydrogen-bond acceptors (Lipinski definition) is 4. The normalized spacial score (nSPS) is 17.6. The van der Waals surface area contributed by atoms with Crippen LogP contribution < -0.4 is 0 Å². The maximum absolute atomic E-state index is 12.2. The van der Waals surface area contributed by atoms with E-state index in [2.05, 4.69) is 29.0 Å². The Labute approximate surface area is 181 Å². The van der Waals surface area contributed by atoms with E-state index < -0.39 is 6.10 Å². The third kappa shape index (κ3) is 9.12. The molecule has 0 aliphatic carbocycles. The van der Waals surface area contributed by atoms with Crippen LogP contribution in [0.4, 0.5) is 0 Å². The number of nitrogens with zero attached hydrogens (tertiary/aromatic N) is 1. The minimum atomic E-state index is -0.448. The van der Waals surface area contributed by atoms with Crippen molar-refractivity contribution in [2.75, 3.05) is 13.7 Å². The Bertz CT molecular complexity index is 658. The molecule has 0 bridgehead atoms. The fraction of sp³-hybridized carbons (Fsp3) is 0.600. The van der Waals surface area contributed by atoms with Crippen LogP contribution in [-0.4, -0.2) is 47.7 Å². The van der Waals surface area contributed by atoms with E-state index in [1.54, 1.807) is 0 Å². The highest BCUT2D eigenvalue weighted by molar-refractivity contribution is 5.79. The largest absolute Gasteiger partial charge is 0.469 e. The quantitative estimate of drug-likeness (QED) is 0.277. The molecule has 1 aromatic rings. The maximum Gasteiger partial charge on any atom is 0.305 e. The molecule has 0 saturated carbocycles. The number of carbonyl (C=O) groups is 2. The molecular weight excluding hydrogens is 378 g/mol. The van der Waals surface area contributed by atoms with Crippen molar-refractivity contribution in [3.63, 3.8) is 0 Å². The summed E-state index contributed by atoms with van der Waals surface area (Å²) in [5.74, 6) is 0.0464. The summed E-state index contributed by atoms with van der Waals surface area (Å²) < 4.78 is 4.64. The molecule has 1 aromatic carbocycles. The first-order valence-electron chi connectivity index (χ1n) is 11.4. The summed E-state index contributed by atoms with van der Waals surface area (Å²) in [5, 5.41) is 10.3. The first kappa shape index (κ1) is 24.1. The summed E-state index contributed by atoms with van der Waals surface area (Å²) in [7, 11) is 1.41. The zero-order valence-corrected chi connectivity index (χ0v) is 18.3. The summed E-state index contributed by atoms with van der Waals surface area (Å²) >= 11 is 0. The van der Waals surface area contributed by atoms with Crippen molar-refractivity contribution >= 4 is 11.9 Å². The van der Waals surface area contributed by atoms with Crippen LogP contribution in [0.3, 0.4) is 0 Å². The van der Waals surface area contributed by atoms with Crippen molar-refractivity contribution in [1.82, 2.24) is 4.90 Å². The third-order valence-corrected chi connectivity index (χ3v) is 5.75. The van der Waals surface area contributed by atoms with Gasteiger partial charge in [-0.05, 0) is 44.1 Å². The number of rotatable bonds is 14. The van der Waals surface area contributed by atoms with Crippen LogP contribution in [0.5, 0.6) is 0 Å². The van der Waals surface area contributed by atoms with E-state index >= 15 is 0 Å². The lowest BCUT2D eigenvalue weighted by Crippen LogP contribution is -2.32. The summed E-state index contributed by atoms with van der Waals surface area (Å²) in [4.78, 5) is 25.2. The highest BCUT2D eigenvalue weighted by atomic mass is 16.5. The lowest BCUT2D eigenvalue weighted by molar-refractivity contribution is -0.140. The molecule has 1 fully saturated rings. The van der Waals surface area contributed by atoms with E-state index in [4.69, 9.17) is 0 Å². The first-order chi connectivity index (χ1) is 14.6. The smallest absolute Gasteiger partial charge is 0.305 e. The van der Waals surface area contributed by atoms with Crippen LogP contribution in [0.2, 0.25) is 0 Å². The standard InChI is InChI=1S/C25H37NO4/c1-30-25(29)15-7-2-3-10-20-26-22(17-19-24(26)28)16-18-23(27)14-9-8-13-21-11-5-4-6-12-21/h4-6,11-12,16,18,22-23,27H,2-3,7-10,13-15,17,19-20H2,1H3/b18-16+. The Morgan fingerprint density at radius 1 is 1.17 bits per heavy atom. The van der Waals surface area contributed by atoms with Crippen LogP contribution >= 0.6 is 0 Å². The molecule has 5 heteroatoms. The van der Waals surface area contributed by atoms with Gasteiger partial charge in [0.25, 0.3) is 0 Å². The number of amides is 1. The Hall–Kier alpha value is -2.14. The van der Waals surface area contributed by atoms with Gasteiger partial charge in [0.1, 0.15) is 0 Å². The molecule has 0 radical (unpaired) electrons. The molecule has 30 heavy (non-hydrogen) atoms. The minimum absolute atomic E-state index is 0.103. The number of methoxy groups -OCH3 is 1. The van der Waals surface area contributed by atoms with Gasteiger partial charge >= 0.3 is 5.97 Å². The summed E-state index contributed by atoms with van der Waals surface area (Å²) in [6.45, 7) is 0.749. The van der Waals surface area contributed by atoms with Crippen LogP contribution in [0.15, 0.2) is 42.5 Å². The average molecular weight is 416 g/mol. The van der Waals surface area contributed by atoms with E-state index in [9.17, 15) is 14.7 Å². The molecular formula is C25H37NO4. The van der Waals surface area contributed by atoms with Gasteiger partial charge in [0.05, 0.1) is 19.3 Å². The van der Waals surface area contributed by atoms with Gasteiger partial charge in [0.15, 0.2) is 0 Å². The SMILES string of the molecule is COC(=O)CCCCCCN1C(=O)CCC1/C=C/C(O)CCCCc1ccccc1. The Morgan fingerprint density at radius 3 is 2.70 bits per heavy atom. The summed E-state index contributed by atoms with van der Waals surface area (Å²) in [5.41, 5.74) is 1.34. The number of aliphatic hydroxyl groups is 1. The summed E-state index contributed by atoms with van der Waals surface area (Å²) in [6.07, 6.45) is 12.9. The van der Waals surface area contributed by atoms with Crippen molar-refractivity contribution in [3.05, 3.63) is 48.0 Å². The molecule has 5 nitrogen and oxygen atoms in total. The molecule has 0 aromatic heterocycles. The number of unbranched alkanes of at least 4 members (excludes halogenated alkanes) is 4. The molecule has 1 N–H and O–H groups in total. The van der Waals surface area contributed by atoms with Gasteiger partial charge < -0.3 is 14.7 Å². The predicted molar refractivity (Wildman–Crippen MR) is 119 cm³/mol. The zero-order chi connectivity index (χ0) is 21.6. The van der Waals surface area contributed by atoms with Gasteiger partial charge in [-0.1, -0.05) is 61.7 Å². The number of hydrogen-bond donors (Lipinski definition) is 1. The fourth-order valence-electron chi connectivity index (χ4n) is 3.93. The number of likely N-dealkylation sites (tertiary alicyclic amines) is 1. The van der Waals surface area contributed by atoms with Crippen molar-refractivity contribution < 1.29 is 19.4 Å². The van der Waals surface area contributed by atoms with Crippen molar-refractivity contribution in [2.45, 2.75) is 82.8 Å². The first-order valence-corrected chi connectivity index (χ1v) is 11.4. The van der Waals surface area contributed by atoms with Crippen molar-refractivity contribution in [1.29, 1.82) is 0 Å². The molecule has 2 unspecified atom stereocenters. The van der Waals surface area contributed by atoms with Crippen molar-refractivity contribution in [2.24, 2.45) is 0 Å². The number of aliphatic hydroxyl groups excluding tert-OH is 1. The molecule has 0 spiro atoms. The van der Waals surface area contributed by atoms with Gasteiger partial charge in [-0.15, -0.1) is 0 Å². The van der Waals surface area contributed by atoms with E-state index in [1.807, 2.05) is 23.1 Å². The van der Waals surface area contributed by atoms with Crippen molar-refractivity contribution in [3.8, 4) is 0 Å². The Kier molecular flexibility index (Phi) is 11.2. The Morgan fingerprint density at radius 2 is 1.93 bits per heavy atom. The molecule has 1 amide bonds. The van der Waals surface area contributed by atoms with Gasteiger partial charge in [0.2, 0.25) is 5.91 Å². The van der Waals surface area contributed by atoms with Crippen LogP contribution in [0, 0.1) is 0 Å². The van der Waals surface area contributed by atoms with Gasteiger partial charge in [-0.2, -0.15) is 0 Å². The topological polar surface area (TPSA) is 66.8 Å². The molecule has 1 saturated heterocycles. The van der Waals surface area contributed by atoms with Gasteiger partial charge in [-0.25, -0.2) is 0 Å². The second-order valence-electron chi connectivity index (χ2n) is 8.12.